The van der Waals surface area contributed by atoms with E-state index in [0.717, 1.165) is 0 Å². The minimum absolute atomic E-state index is 0.0795. The molecule has 3 N–H and O–H groups in total. The molecule has 0 saturated carbocycles. The van der Waals surface area contributed by atoms with Gasteiger partial charge in [-0.2, -0.15) is 4.72 Å². The van der Waals surface area contributed by atoms with Gasteiger partial charge in [-0.05, 0) is 31.0 Å². The molecule has 0 aliphatic rings. The molecule has 8 heteroatoms. The highest BCUT2D eigenvalue weighted by Gasteiger charge is 2.26. The van der Waals surface area contributed by atoms with Crippen LogP contribution in [0.3, 0.4) is 0 Å². The lowest BCUT2D eigenvalue weighted by molar-refractivity contribution is -0.139. The summed E-state index contributed by atoms with van der Waals surface area (Å²) in [4.78, 5) is 10.8. The quantitative estimate of drug-likeness (QED) is 0.720. The first-order chi connectivity index (χ1) is 8.77. The molecule has 0 radical (unpaired) electrons. The van der Waals surface area contributed by atoms with Gasteiger partial charge in [-0.3, -0.25) is 4.79 Å². The van der Waals surface area contributed by atoms with Crippen molar-refractivity contribution in [3.63, 3.8) is 0 Å². The van der Waals surface area contributed by atoms with Gasteiger partial charge in [-0.1, -0.05) is 17.7 Å². The predicted octanol–water partition coefficient (Wildman–Crippen LogP) is 0.762. The molecule has 1 unspecified atom stereocenters. The Morgan fingerprint density at radius 1 is 1.47 bits per heavy atom. The van der Waals surface area contributed by atoms with Gasteiger partial charge in [0.1, 0.15) is 6.04 Å². The van der Waals surface area contributed by atoms with Gasteiger partial charge in [0.25, 0.3) is 0 Å². The standard InChI is InChI=1S/C11H14ClNO5S/c1-7-2-3-8(12)6-10(7)19(17,18)13-9(4-5-14)11(15)16/h2-3,6,9,13-14H,4-5H2,1H3,(H,15,16). The smallest absolute Gasteiger partial charge is 0.321 e. The molecule has 0 spiro atoms. The number of carboxylic acids is 1. The summed E-state index contributed by atoms with van der Waals surface area (Å²) in [5.41, 5.74) is 0.449. The molecule has 106 valence electrons. The van der Waals surface area contributed by atoms with E-state index in [4.69, 9.17) is 21.8 Å². The fourth-order valence-corrected chi connectivity index (χ4v) is 3.21. The molecule has 0 aliphatic heterocycles. The van der Waals surface area contributed by atoms with Gasteiger partial charge in [0.05, 0.1) is 4.90 Å². The Balaban J connectivity index is 3.10. The first-order valence-electron chi connectivity index (χ1n) is 5.40. The van der Waals surface area contributed by atoms with Crippen LogP contribution in [0.25, 0.3) is 0 Å². The number of hydrogen-bond donors (Lipinski definition) is 3. The van der Waals surface area contributed by atoms with Gasteiger partial charge in [-0.15, -0.1) is 0 Å². The van der Waals surface area contributed by atoms with Gasteiger partial charge in [-0.25, -0.2) is 8.42 Å². The summed E-state index contributed by atoms with van der Waals surface area (Å²) in [6, 6.07) is 2.93. The molecule has 6 nitrogen and oxygen atoms in total. The molecule has 0 fully saturated rings. The van der Waals surface area contributed by atoms with Crippen molar-refractivity contribution < 1.29 is 23.4 Å². The predicted molar refractivity (Wildman–Crippen MR) is 69.6 cm³/mol. The second-order valence-electron chi connectivity index (χ2n) is 3.93. The highest BCUT2D eigenvalue weighted by Crippen LogP contribution is 2.20. The van der Waals surface area contributed by atoms with Gasteiger partial charge in [0.2, 0.25) is 10.0 Å². The first kappa shape index (κ1) is 15.9. The molecule has 0 saturated heterocycles. The number of aliphatic carboxylic acids is 1. The second kappa shape index (κ2) is 6.33. The normalized spacial score (nSPS) is 13.2. The van der Waals surface area contributed by atoms with E-state index in [1.54, 1.807) is 6.92 Å². The summed E-state index contributed by atoms with van der Waals surface area (Å²) < 4.78 is 26.2. The average Bonchev–Trinajstić information content (AvgIpc) is 2.31. The number of benzene rings is 1. The number of hydrogen-bond acceptors (Lipinski definition) is 4. The summed E-state index contributed by atoms with van der Waals surface area (Å²) in [6.07, 6.45) is -0.214. The van der Waals surface area contributed by atoms with Gasteiger partial charge >= 0.3 is 5.97 Å². The number of aliphatic hydroxyl groups excluding tert-OH is 1. The number of carbonyl (C=O) groups is 1. The van der Waals surface area contributed by atoms with Crippen LogP contribution < -0.4 is 4.72 Å². The highest BCUT2D eigenvalue weighted by atomic mass is 35.5. The van der Waals surface area contributed by atoms with Crippen LogP contribution >= 0.6 is 11.6 Å². The third-order valence-electron chi connectivity index (χ3n) is 2.45. The number of sulfonamides is 1. The van der Waals surface area contributed by atoms with Crippen molar-refractivity contribution in [3.05, 3.63) is 28.8 Å². The number of aryl methyl sites for hydroxylation is 1. The van der Waals surface area contributed by atoms with Crippen molar-refractivity contribution in [2.75, 3.05) is 6.61 Å². The number of rotatable bonds is 6. The van der Waals surface area contributed by atoms with E-state index in [9.17, 15) is 13.2 Å². The van der Waals surface area contributed by atoms with E-state index in [0.29, 0.717) is 5.56 Å². The Bertz CT molecular complexity index is 572. The number of aliphatic hydroxyl groups is 1. The largest absolute Gasteiger partial charge is 0.480 e. The van der Waals surface area contributed by atoms with Crippen LogP contribution in [0.5, 0.6) is 0 Å². The monoisotopic (exact) mass is 307 g/mol. The molecule has 1 aromatic rings. The van der Waals surface area contributed by atoms with Crippen molar-refractivity contribution in [1.82, 2.24) is 4.72 Å². The molecular formula is C11H14ClNO5S. The van der Waals surface area contributed by atoms with E-state index in [-0.39, 0.29) is 16.3 Å². The van der Waals surface area contributed by atoms with Crippen LogP contribution in [-0.2, 0) is 14.8 Å². The van der Waals surface area contributed by atoms with E-state index in [2.05, 4.69) is 0 Å². The van der Waals surface area contributed by atoms with Crippen molar-refractivity contribution in [2.45, 2.75) is 24.3 Å². The topological polar surface area (TPSA) is 104 Å². The molecule has 0 heterocycles. The van der Waals surface area contributed by atoms with Crippen molar-refractivity contribution in [3.8, 4) is 0 Å². The Labute approximate surface area is 116 Å². The van der Waals surface area contributed by atoms with Gasteiger partial charge in [0.15, 0.2) is 0 Å². The minimum Gasteiger partial charge on any atom is -0.480 e. The maximum Gasteiger partial charge on any atom is 0.321 e. The molecule has 0 amide bonds. The summed E-state index contributed by atoms with van der Waals surface area (Å²) in [7, 11) is -4.01. The summed E-state index contributed by atoms with van der Waals surface area (Å²) >= 11 is 5.73. The van der Waals surface area contributed by atoms with E-state index < -0.39 is 28.6 Å². The Morgan fingerprint density at radius 2 is 2.11 bits per heavy atom. The fraction of sp³-hybridized carbons (Fsp3) is 0.364. The lowest BCUT2D eigenvalue weighted by Gasteiger charge is -2.15. The molecule has 0 aliphatic carbocycles. The van der Waals surface area contributed by atoms with E-state index in [1.807, 2.05) is 4.72 Å². The Morgan fingerprint density at radius 3 is 2.63 bits per heavy atom. The van der Waals surface area contributed by atoms with Crippen LogP contribution in [0.4, 0.5) is 0 Å². The number of nitrogens with one attached hydrogen (secondary N) is 1. The number of carboxylic acid groups (broad SMARTS) is 1. The SMILES string of the molecule is Cc1ccc(Cl)cc1S(=O)(=O)NC(CCO)C(=O)O. The zero-order valence-electron chi connectivity index (χ0n) is 10.1. The van der Waals surface area contributed by atoms with Crippen LogP contribution in [-0.4, -0.2) is 37.2 Å². The third kappa shape index (κ3) is 4.17. The highest BCUT2D eigenvalue weighted by molar-refractivity contribution is 7.89. The average molecular weight is 308 g/mol. The Kier molecular flexibility index (Phi) is 5.30. The van der Waals surface area contributed by atoms with Crippen molar-refractivity contribution in [2.24, 2.45) is 0 Å². The summed E-state index contributed by atoms with van der Waals surface area (Å²) in [5.74, 6) is -1.35. The van der Waals surface area contributed by atoms with Crippen molar-refractivity contribution >= 4 is 27.6 Å². The second-order valence-corrected chi connectivity index (χ2v) is 6.05. The van der Waals surface area contributed by atoms with Gasteiger partial charge in [0, 0.05) is 11.6 Å². The van der Waals surface area contributed by atoms with Crippen LogP contribution in [0.15, 0.2) is 23.1 Å². The maximum atomic E-state index is 12.1. The zero-order valence-corrected chi connectivity index (χ0v) is 11.7. The van der Waals surface area contributed by atoms with Gasteiger partial charge < -0.3 is 10.2 Å². The molecule has 1 rings (SSSR count). The zero-order chi connectivity index (χ0) is 14.6. The van der Waals surface area contributed by atoms with E-state index in [1.165, 1.54) is 18.2 Å². The molecule has 19 heavy (non-hydrogen) atoms. The lowest BCUT2D eigenvalue weighted by Crippen LogP contribution is -2.41. The van der Waals surface area contributed by atoms with Crippen molar-refractivity contribution in [1.29, 1.82) is 0 Å². The van der Waals surface area contributed by atoms with Crippen LogP contribution in [0, 0.1) is 6.92 Å². The third-order valence-corrected chi connectivity index (χ3v) is 4.30. The summed E-state index contributed by atoms with van der Waals surface area (Å²) in [5, 5.41) is 17.8. The van der Waals surface area contributed by atoms with Crippen LogP contribution in [0.1, 0.15) is 12.0 Å². The lowest BCUT2D eigenvalue weighted by atomic mass is 10.2. The molecule has 1 atom stereocenters. The molecular weight excluding hydrogens is 294 g/mol. The molecule has 1 aromatic carbocycles. The minimum atomic E-state index is -4.01. The van der Waals surface area contributed by atoms with Crippen LogP contribution in [0.2, 0.25) is 5.02 Å². The molecule has 0 bridgehead atoms. The maximum absolute atomic E-state index is 12.1. The fourth-order valence-electron chi connectivity index (χ4n) is 1.48. The number of halogens is 1. The van der Waals surface area contributed by atoms with E-state index >= 15 is 0 Å². The first-order valence-corrected chi connectivity index (χ1v) is 7.26. The Hall–Kier alpha value is -1.15. The summed E-state index contributed by atoms with van der Waals surface area (Å²) in [6.45, 7) is 1.14. The molecule has 0 aromatic heterocycles.